The molecule has 2 aliphatic heterocycles. The van der Waals surface area contributed by atoms with Crippen molar-refractivity contribution in [3.8, 4) is 0 Å². The molecule has 0 aromatic rings. The molecule has 0 saturated carbocycles. The van der Waals surface area contributed by atoms with Crippen LogP contribution in [0, 0.1) is 0 Å². The Kier molecular flexibility index (Phi) is 7.09. The van der Waals surface area contributed by atoms with E-state index in [4.69, 9.17) is 19.7 Å². The molecule has 2 aliphatic rings. The molecule has 2 heterocycles. The Hall–Kier alpha value is -1.13. The summed E-state index contributed by atoms with van der Waals surface area (Å²) in [6, 6.07) is -1.06. The van der Waals surface area contributed by atoms with E-state index in [0.717, 1.165) is 0 Å². The van der Waals surface area contributed by atoms with Gasteiger partial charge in [-0.3, -0.25) is 0 Å². The first kappa shape index (κ1) is 21.2. The number of carbonyl (C=O) groups is 1. The topological polar surface area (TPSA) is 221 Å². The molecule has 0 bridgehead atoms. The molecule has 0 aliphatic carbocycles. The second-order valence-corrected chi connectivity index (χ2v) is 6.12. The van der Waals surface area contributed by atoms with Crippen LogP contribution in [-0.4, -0.2) is 121 Å². The monoisotopic (exact) mass is 384 g/mol. The highest BCUT2D eigenvalue weighted by atomic mass is 16.6. The molecule has 152 valence electrons. The Morgan fingerprint density at radius 2 is 1.00 bits per heavy atom. The van der Waals surface area contributed by atoms with Gasteiger partial charge in [0.25, 0.3) is 0 Å². The van der Waals surface area contributed by atoms with Crippen LogP contribution >= 0.6 is 0 Å². The van der Waals surface area contributed by atoms with Crippen molar-refractivity contribution in [2.75, 3.05) is 13.2 Å². The van der Waals surface area contributed by atoms with Gasteiger partial charge in [0.15, 0.2) is 12.5 Å². The first-order chi connectivity index (χ1) is 12.2. The number of ether oxygens (including phenoxy) is 2. The van der Waals surface area contributed by atoms with Crippen LogP contribution in [0.1, 0.15) is 0 Å². The average molecular weight is 384 g/mol. The van der Waals surface area contributed by atoms with Crippen LogP contribution in [0.5, 0.6) is 0 Å². The number of hydrogen-bond acceptors (Lipinski definition) is 11. The number of aliphatic hydroxyl groups excluding tert-OH is 8. The number of carbonyl (C=O) groups excluding carboxylic acids is 1. The van der Waals surface area contributed by atoms with Crippen LogP contribution in [-0.2, 0) is 9.47 Å². The zero-order chi connectivity index (χ0) is 19.6. The summed E-state index contributed by atoms with van der Waals surface area (Å²) < 4.78 is 10.2. The second-order valence-electron chi connectivity index (χ2n) is 6.12. The van der Waals surface area contributed by atoms with Crippen molar-refractivity contribution in [1.29, 1.82) is 0 Å². The summed E-state index contributed by atoms with van der Waals surface area (Å²) in [5, 5.41) is 80.7. The van der Waals surface area contributed by atoms with Crippen molar-refractivity contribution in [3.63, 3.8) is 0 Å². The SMILES string of the molecule is O=C(N[C@@H]1O[C@H](CO)[C@@H](O)[C@H](O)[C@H]1O)N[C@H]1O[C@@H](CO)[C@H](O)[C@@H](O)[C@@H]1O. The van der Waals surface area contributed by atoms with Gasteiger partial charge in [-0.1, -0.05) is 0 Å². The van der Waals surface area contributed by atoms with Crippen LogP contribution in [0.3, 0.4) is 0 Å². The first-order valence-electron chi connectivity index (χ1n) is 7.89. The largest absolute Gasteiger partial charge is 0.394 e. The van der Waals surface area contributed by atoms with E-state index in [1.807, 2.05) is 0 Å². The minimum atomic E-state index is -1.71. The van der Waals surface area contributed by atoms with Crippen LogP contribution in [0.25, 0.3) is 0 Å². The van der Waals surface area contributed by atoms with Gasteiger partial charge in [0.05, 0.1) is 13.2 Å². The van der Waals surface area contributed by atoms with Gasteiger partial charge in [0.2, 0.25) is 0 Å². The summed E-state index contributed by atoms with van der Waals surface area (Å²) in [6.07, 6.45) is -15.5. The highest BCUT2D eigenvalue weighted by Crippen LogP contribution is 2.21. The van der Waals surface area contributed by atoms with Gasteiger partial charge < -0.3 is 61.0 Å². The molecule has 0 aromatic heterocycles. The lowest BCUT2D eigenvalue weighted by Crippen LogP contribution is -2.67. The molecule has 10 atom stereocenters. The zero-order valence-corrected chi connectivity index (χ0v) is 13.5. The Bertz CT molecular complexity index is 439. The van der Waals surface area contributed by atoms with Gasteiger partial charge >= 0.3 is 6.03 Å². The first-order valence-corrected chi connectivity index (χ1v) is 7.89. The van der Waals surface area contributed by atoms with Crippen molar-refractivity contribution in [3.05, 3.63) is 0 Å². The third-order valence-corrected chi connectivity index (χ3v) is 4.33. The Morgan fingerprint density at radius 1 is 0.654 bits per heavy atom. The molecule has 2 fully saturated rings. The van der Waals surface area contributed by atoms with Gasteiger partial charge in [-0.25, -0.2) is 4.79 Å². The van der Waals surface area contributed by atoms with E-state index >= 15 is 0 Å². The lowest BCUT2D eigenvalue weighted by atomic mass is 9.98. The summed E-state index contributed by atoms with van der Waals surface area (Å²) in [4.78, 5) is 12.0. The molecule has 0 spiro atoms. The Balaban J connectivity index is 1.97. The van der Waals surface area contributed by atoms with Crippen molar-refractivity contribution < 1.29 is 55.1 Å². The van der Waals surface area contributed by atoms with E-state index in [-0.39, 0.29) is 0 Å². The molecular formula is C13H24N2O11. The molecule has 26 heavy (non-hydrogen) atoms. The van der Waals surface area contributed by atoms with Gasteiger partial charge in [-0.15, -0.1) is 0 Å². The number of rotatable bonds is 4. The van der Waals surface area contributed by atoms with Crippen LogP contribution in [0.15, 0.2) is 0 Å². The number of urea groups is 1. The van der Waals surface area contributed by atoms with Crippen molar-refractivity contribution in [2.24, 2.45) is 0 Å². The van der Waals surface area contributed by atoms with E-state index in [1.54, 1.807) is 0 Å². The Morgan fingerprint density at radius 3 is 1.31 bits per heavy atom. The molecule has 2 amide bonds. The van der Waals surface area contributed by atoms with Crippen LogP contribution in [0.2, 0.25) is 0 Å². The smallest absolute Gasteiger partial charge is 0.318 e. The van der Waals surface area contributed by atoms with Crippen molar-refractivity contribution in [2.45, 2.75) is 61.3 Å². The van der Waals surface area contributed by atoms with E-state index in [9.17, 15) is 35.4 Å². The fourth-order valence-electron chi connectivity index (χ4n) is 2.74. The van der Waals surface area contributed by atoms with E-state index in [2.05, 4.69) is 10.6 Å². The molecule has 2 saturated heterocycles. The molecule has 13 nitrogen and oxygen atoms in total. The van der Waals surface area contributed by atoms with Crippen LogP contribution in [0.4, 0.5) is 4.79 Å². The summed E-state index contributed by atoms with van der Waals surface area (Å²) >= 11 is 0. The van der Waals surface area contributed by atoms with Gasteiger partial charge in [0.1, 0.15) is 48.8 Å². The summed E-state index contributed by atoms with van der Waals surface area (Å²) in [7, 11) is 0. The average Bonchev–Trinajstić information content (AvgIpc) is 2.62. The Labute approximate surface area is 147 Å². The molecule has 0 aromatic carbocycles. The highest BCUT2D eigenvalue weighted by molar-refractivity contribution is 5.74. The third kappa shape index (κ3) is 4.23. The lowest BCUT2D eigenvalue weighted by Gasteiger charge is -2.41. The summed E-state index contributed by atoms with van der Waals surface area (Å²) in [6.45, 7) is -1.37. The lowest BCUT2D eigenvalue weighted by molar-refractivity contribution is -0.237. The second kappa shape index (κ2) is 8.71. The summed E-state index contributed by atoms with van der Waals surface area (Å²) in [5.41, 5.74) is 0. The standard InChI is InChI=1S/C13H24N2O11/c16-1-3-5(18)7(20)9(22)11(25-3)14-13(24)15-12-10(23)8(21)6(19)4(2-17)26-12/h3-12,16-23H,1-2H2,(H2,14,15,24)/t3-,4+,5-,6+,7+,8-,9-,10+,11-,12+. The van der Waals surface area contributed by atoms with E-state index < -0.39 is 80.5 Å². The maximum absolute atomic E-state index is 12.0. The molecule has 10 N–H and O–H groups in total. The van der Waals surface area contributed by atoms with E-state index in [0.29, 0.717) is 0 Å². The maximum Gasteiger partial charge on any atom is 0.318 e. The quantitative estimate of drug-likeness (QED) is 0.220. The van der Waals surface area contributed by atoms with E-state index in [1.165, 1.54) is 0 Å². The fraction of sp³-hybridized carbons (Fsp3) is 0.923. The summed E-state index contributed by atoms with van der Waals surface area (Å²) in [5.74, 6) is 0. The number of aliphatic hydroxyl groups is 8. The van der Waals surface area contributed by atoms with Gasteiger partial charge in [-0.05, 0) is 0 Å². The normalized spacial score (nSPS) is 46.6. The molecule has 13 heteroatoms. The highest BCUT2D eigenvalue weighted by Gasteiger charge is 2.46. The third-order valence-electron chi connectivity index (χ3n) is 4.33. The van der Waals surface area contributed by atoms with Gasteiger partial charge in [0, 0.05) is 0 Å². The van der Waals surface area contributed by atoms with Crippen molar-refractivity contribution in [1.82, 2.24) is 10.6 Å². The maximum atomic E-state index is 12.0. The number of hydrogen-bond donors (Lipinski definition) is 10. The minimum absolute atomic E-state index is 0.683. The zero-order valence-electron chi connectivity index (χ0n) is 13.5. The van der Waals surface area contributed by atoms with Crippen molar-refractivity contribution >= 4 is 6.03 Å². The number of amides is 2. The molecular weight excluding hydrogens is 360 g/mol. The van der Waals surface area contributed by atoms with Gasteiger partial charge in [-0.2, -0.15) is 0 Å². The van der Waals surface area contributed by atoms with Crippen LogP contribution < -0.4 is 10.6 Å². The number of nitrogens with one attached hydrogen (secondary N) is 2. The predicted molar refractivity (Wildman–Crippen MR) is 79.2 cm³/mol. The minimum Gasteiger partial charge on any atom is -0.394 e. The molecule has 2 rings (SSSR count). The predicted octanol–water partition coefficient (Wildman–Crippen LogP) is -6.11. The molecule has 0 unspecified atom stereocenters. The molecule has 0 radical (unpaired) electrons. The fourth-order valence-corrected chi connectivity index (χ4v) is 2.74.